The van der Waals surface area contributed by atoms with Gasteiger partial charge in [-0.05, 0) is 29.7 Å². The van der Waals surface area contributed by atoms with E-state index in [0.717, 1.165) is 9.69 Å². The largest absolute Gasteiger partial charge is 0.454 e. The molecule has 0 unspecified atom stereocenters. The quantitative estimate of drug-likeness (QED) is 0.648. The van der Waals surface area contributed by atoms with E-state index in [4.69, 9.17) is 4.74 Å². The van der Waals surface area contributed by atoms with E-state index in [2.05, 4.69) is 5.32 Å². The number of anilines is 2. The average molecular weight is 414 g/mol. The minimum absolute atomic E-state index is 0.0437. The summed E-state index contributed by atoms with van der Waals surface area (Å²) in [6.07, 6.45) is 0. The first-order valence-corrected chi connectivity index (χ1v) is 10.1. The summed E-state index contributed by atoms with van der Waals surface area (Å²) in [6.45, 7) is -1.25. The minimum atomic E-state index is -3.90. The first-order valence-electron chi connectivity index (χ1n) is 8.62. The number of nitrogens with one attached hydrogen (secondary N) is 1. The summed E-state index contributed by atoms with van der Waals surface area (Å²) in [7, 11) is -3.90. The summed E-state index contributed by atoms with van der Waals surface area (Å²) in [6, 6.07) is 15.5. The second-order valence-corrected chi connectivity index (χ2v) is 8.16. The molecular formula is C20H15FN2O5S. The summed E-state index contributed by atoms with van der Waals surface area (Å²) in [5, 5.41) is 3.56. The van der Waals surface area contributed by atoms with Crippen LogP contribution < -0.4 is 9.62 Å². The van der Waals surface area contributed by atoms with Crippen molar-refractivity contribution in [1.82, 2.24) is 0 Å². The van der Waals surface area contributed by atoms with Crippen LogP contribution in [0.5, 0.6) is 0 Å². The van der Waals surface area contributed by atoms with Gasteiger partial charge in [-0.1, -0.05) is 36.4 Å². The van der Waals surface area contributed by atoms with Crippen LogP contribution in [-0.4, -0.2) is 33.4 Å². The zero-order chi connectivity index (χ0) is 20.6. The van der Waals surface area contributed by atoms with Gasteiger partial charge in [0.1, 0.15) is 12.4 Å². The molecule has 1 aliphatic rings. The molecule has 1 N–H and O–H groups in total. The highest BCUT2D eigenvalue weighted by molar-refractivity contribution is 7.93. The zero-order valence-electron chi connectivity index (χ0n) is 15.0. The Kier molecular flexibility index (Phi) is 4.67. The Labute approximate surface area is 165 Å². The van der Waals surface area contributed by atoms with Gasteiger partial charge in [0.25, 0.3) is 15.9 Å². The number of amides is 1. The number of sulfonamides is 1. The molecule has 1 aliphatic heterocycles. The fourth-order valence-electron chi connectivity index (χ4n) is 3.19. The summed E-state index contributed by atoms with van der Waals surface area (Å²) < 4.78 is 45.0. The number of esters is 1. The zero-order valence-corrected chi connectivity index (χ0v) is 15.8. The van der Waals surface area contributed by atoms with Crippen LogP contribution in [0.2, 0.25) is 0 Å². The molecule has 0 atom stereocenters. The number of rotatable bonds is 5. The molecular weight excluding hydrogens is 399 g/mol. The van der Waals surface area contributed by atoms with E-state index < -0.39 is 40.9 Å². The molecule has 1 amide bonds. The van der Waals surface area contributed by atoms with Crippen LogP contribution in [0.3, 0.4) is 0 Å². The highest BCUT2D eigenvalue weighted by Gasteiger charge is 2.37. The minimum Gasteiger partial charge on any atom is -0.454 e. The van der Waals surface area contributed by atoms with Crippen molar-refractivity contribution in [2.75, 3.05) is 22.8 Å². The lowest BCUT2D eigenvalue weighted by molar-refractivity contribution is -0.145. The molecule has 0 spiro atoms. The average Bonchev–Trinajstić information content (AvgIpc) is 2.92. The van der Waals surface area contributed by atoms with Crippen LogP contribution >= 0.6 is 0 Å². The Hall–Kier alpha value is -3.46. The lowest BCUT2D eigenvalue weighted by Gasteiger charge is -2.17. The maximum Gasteiger partial charge on any atom is 0.327 e. The molecule has 9 heteroatoms. The molecule has 0 bridgehead atoms. The van der Waals surface area contributed by atoms with Crippen molar-refractivity contribution in [2.45, 2.75) is 4.90 Å². The molecule has 0 saturated heterocycles. The Morgan fingerprint density at radius 3 is 2.48 bits per heavy atom. The van der Waals surface area contributed by atoms with Crippen molar-refractivity contribution in [3.8, 4) is 0 Å². The summed E-state index contributed by atoms with van der Waals surface area (Å²) in [5.74, 6) is -2.26. The third kappa shape index (κ3) is 3.40. The molecule has 1 heterocycles. The van der Waals surface area contributed by atoms with E-state index in [1.165, 1.54) is 24.3 Å². The van der Waals surface area contributed by atoms with E-state index in [1.54, 1.807) is 36.4 Å². The monoisotopic (exact) mass is 414 g/mol. The summed E-state index contributed by atoms with van der Waals surface area (Å²) in [4.78, 5) is 24.2. The number of benzene rings is 3. The fraction of sp³-hybridized carbons (Fsp3) is 0.100. The molecule has 29 heavy (non-hydrogen) atoms. The van der Waals surface area contributed by atoms with Crippen molar-refractivity contribution in [2.24, 2.45) is 0 Å². The highest BCUT2D eigenvalue weighted by atomic mass is 32.2. The van der Waals surface area contributed by atoms with Crippen molar-refractivity contribution in [3.05, 3.63) is 66.5 Å². The Morgan fingerprint density at radius 2 is 1.72 bits per heavy atom. The van der Waals surface area contributed by atoms with Gasteiger partial charge in [-0.2, -0.15) is 0 Å². The van der Waals surface area contributed by atoms with E-state index in [9.17, 15) is 22.4 Å². The predicted octanol–water partition coefficient (Wildman–Crippen LogP) is 2.67. The van der Waals surface area contributed by atoms with Gasteiger partial charge in [-0.25, -0.2) is 12.8 Å². The maximum absolute atomic E-state index is 13.5. The first kappa shape index (κ1) is 18.9. The molecule has 3 aromatic carbocycles. The van der Waals surface area contributed by atoms with Crippen LogP contribution in [0.25, 0.3) is 10.8 Å². The first-order chi connectivity index (χ1) is 13.9. The predicted molar refractivity (Wildman–Crippen MR) is 104 cm³/mol. The topological polar surface area (TPSA) is 92.8 Å². The van der Waals surface area contributed by atoms with E-state index in [-0.39, 0.29) is 10.6 Å². The molecule has 0 aromatic heterocycles. The number of hydrogen-bond donors (Lipinski definition) is 1. The van der Waals surface area contributed by atoms with Crippen LogP contribution in [0.4, 0.5) is 15.8 Å². The van der Waals surface area contributed by atoms with Gasteiger partial charge in [0.2, 0.25) is 0 Å². The standard InChI is InChI=1S/C20H15FN2O5S/c21-14-7-1-2-8-15(14)22-18(24)12-28-19(25)11-23-16-9-3-5-13-6-4-10-17(20(13)16)29(23,26)27/h1-10H,11-12H2,(H,22,24). The van der Waals surface area contributed by atoms with Gasteiger partial charge in [0, 0.05) is 5.39 Å². The van der Waals surface area contributed by atoms with Crippen LogP contribution in [0.15, 0.2) is 65.6 Å². The van der Waals surface area contributed by atoms with Crippen molar-refractivity contribution in [3.63, 3.8) is 0 Å². The molecule has 0 fully saturated rings. The Balaban J connectivity index is 1.45. The van der Waals surface area contributed by atoms with Crippen LogP contribution in [0, 0.1) is 5.82 Å². The summed E-state index contributed by atoms with van der Waals surface area (Å²) >= 11 is 0. The molecule has 0 aliphatic carbocycles. The number of carbonyl (C=O) groups is 2. The molecule has 148 valence electrons. The Bertz CT molecular complexity index is 1240. The van der Waals surface area contributed by atoms with Gasteiger partial charge in [0.15, 0.2) is 6.61 Å². The van der Waals surface area contributed by atoms with Gasteiger partial charge in [-0.3, -0.25) is 13.9 Å². The van der Waals surface area contributed by atoms with Crippen LogP contribution in [0.1, 0.15) is 0 Å². The third-order valence-electron chi connectivity index (χ3n) is 4.47. The van der Waals surface area contributed by atoms with Crippen molar-refractivity contribution >= 4 is 44.0 Å². The molecule has 0 saturated carbocycles. The molecule has 0 radical (unpaired) electrons. The fourth-order valence-corrected chi connectivity index (χ4v) is 4.84. The van der Waals surface area contributed by atoms with Crippen LogP contribution in [-0.2, 0) is 24.3 Å². The van der Waals surface area contributed by atoms with E-state index in [0.29, 0.717) is 11.1 Å². The highest BCUT2D eigenvalue weighted by Crippen LogP contribution is 2.41. The molecule has 7 nitrogen and oxygen atoms in total. The van der Waals surface area contributed by atoms with Gasteiger partial charge >= 0.3 is 5.97 Å². The number of ether oxygens (including phenoxy) is 1. The second kappa shape index (κ2) is 7.17. The van der Waals surface area contributed by atoms with Gasteiger partial charge in [-0.15, -0.1) is 0 Å². The third-order valence-corrected chi connectivity index (χ3v) is 6.27. The van der Waals surface area contributed by atoms with Gasteiger partial charge in [0.05, 0.1) is 16.3 Å². The number of hydrogen-bond acceptors (Lipinski definition) is 5. The number of para-hydroxylation sites is 1. The maximum atomic E-state index is 13.5. The van der Waals surface area contributed by atoms with Gasteiger partial charge < -0.3 is 10.1 Å². The number of carbonyl (C=O) groups excluding carboxylic acids is 2. The number of nitrogens with zero attached hydrogens (tertiary/aromatic N) is 1. The van der Waals surface area contributed by atoms with Crippen molar-refractivity contribution in [1.29, 1.82) is 0 Å². The normalized spacial score (nSPS) is 14.0. The Morgan fingerprint density at radius 1 is 1.00 bits per heavy atom. The SMILES string of the molecule is O=C(COC(=O)CN1c2cccc3cccc(c23)S1(=O)=O)Nc1ccccc1F. The van der Waals surface area contributed by atoms with E-state index in [1.807, 2.05) is 0 Å². The van der Waals surface area contributed by atoms with Crippen molar-refractivity contribution < 1.29 is 27.1 Å². The lowest BCUT2D eigenvalue weighted by atomic mass is 10.1. The molecule has 4 rings (SSSR count). The smallest absolute Gasteiger partial charge is 0.327 e. The molecule has 3 aromatic rings. The summed E-state index contributed by atoms with van der Waals surface area (Å²) in [5.41, 5.74) is 0.337. The second-order valence-electron chi connectivity index (χ2n) is 6.33. The lowest BCUT2D eigenvalue weighted by Crippen LogP contribution is -2.34. The number of halogens is 1. The van der Waals surface area contributed by atoms with E-state index >= 15 is 0 Å².